The minimum atomic E-state index is -4.42. The van der Waals surface area contributed by atoms with Crippen LogP contribution in [0.3, 0.4) is 0 Å². The zero-order chi connectivity index (χ0) is 14.6. The summed E-state index contributed by atoms with van der Waals surface area (Å²) in [4.78, 5) is 15.8. The van der Waals surface area contributed by atoms with Crippen LogP contribution in [-0.2, 0) is 0 Å². The lowest BCUT2D eigenvalue weighted by atomic mass is 10.2. The van der Waals surface area contributed by atoms with Gasteiger partial charge in [-0.05, 0) is 28.4 Å². The Balaban J connectivity index is 3.18. The quantitative estimate of drug-likeness (QED) is 0.893. The molecule has 4 nitrogen and oxygen atoms in total. The second kappa shape index (κ2) is 6.23. The lowest BCUT2D eigenvalue weighted by Crippen LogP contribution is -2.36. The Kier molecular flexibility index (Phi) is 5.16. The molecule has 0 bridgehead atoms. The normalized spacial score (nSPS) is 11.4. The highest BCUT2D eigenvalue weighted by atomic mass is 79.9. The number of nitrogens with zero attached hydrogens (tertiary/aromatic N) is 2. The third kappa shape index (κ3) is 4.70. The van der Waals surface area contributed by atoms with Gasteiger partial charge >= 0.3 is 12.1 Å². The van der Waals surface area contributed by atoms with Crippen LogP contribution in [0.1, 0.15) is 23.7 Å². The van der Waals surface area contributed by atoms with Crippen molar-refractivity contribution in [1.29, 1.82) is 0 Å². The van der Waals surface area contributed by atoms with Crippen molar-refractivity contribution in [3.63, 3.8) is 0 Å². The smallest absolute Gasteiger partial charge is 0.405 e. The van der Waals surface area contributed by atoms with Crippen LogP contribution in [0.4, 0.5) is 19.0 Å². The van der Waals surface area contributed by atoms with Gasteiger partial charge in [0.1, 0.15) is 17.9 Å². The molecule has 106 valence electrons. The summed E-state index contributed by atoms with van der Waals surface area (Å²) < 4.78 is 37.9. The second-order valence-electron chi connectivity index (χ2n) is 3.87. The number of rotatable bonds is 5. The summed E-state index contributed by atoms with van der Waals surface area (Å²) in [5.41, 5.74) is -0.257. The number of hydrogen-bond acceptors (Lipinski definition) is 3. The molecule has 0 amide bonds. The van der Waals surface area contributed by atoms with E-state index < -0.39 is 18.7 Å². The zero-order valence-electron chi connectivity index (χ0n) is 10.0. The first-order valence-electron chi connectivity index (χ1n) is 5.45. The molecule has 0 saturated heterocycles. The van der Waals surface area contributed by atoms with Gasteiger partial charge in [-0.1, -0.05) is 6.92 Å². The van der Waals surface area contributed by atoms with Crippen molar-refractivity contribution in [3.05, 3.63) is 22.3 Å². The van der Waals surface area contributed by atoms with Crippen LogP contribution in [0.15, 0.2) is 16.7 Å². The van der Waals surface area contributed by atoms with E-state index in [1.807, 2.05) is 0 Å². The first kappa shape index (κ1) is 15.7. The number of anilines is 1. The summed E-state index contributed by atoms with van der Waals surface area (Å²) in [5, 5.41) is 9.04. The number of hydrogen-bond donors (Lipinski definition) is 1. The van der Waals surface area contributed by atoms with Crippen molar-refractivity contribution < 1.29 is 23.1 Å². The molecule has 1 aromatic heterocycles. The van der Waals surface area contributed by atoms with Crippen molar-refractivity contribution in [2.45, 2.75) is 19.5 Å². The van der Waals surface area contributed by atoms with Gasteiger partial charge in [0.2, 0.25) is 0 Å². The molecule has 0 atom stereocenters. The maximum atomic E-state index is 12.5. The molecular formula is C11H12BrF3N2O2. The lowest BCUT2D eigenvalue weighted by Gasteiger charge is -2.25. The van der Waals surface area contributed by atoms with E-state index in [1.165, 1.54) is 12.3 Å². The molecule has 0 aliphatic rings. The largest absolute Gasteiger partial charge is 0.478 e. The summed E-state index contributed by atoms with van der Waals surface area (Å²) in [6, 6.07) is 1.24. The van der Waals surface area contributed by atoms with Gasteiger partial charge in [0, 0.05) is 17.2 Å². The maximum absolute atomic E-state index is 12.5. The van der Waals surface area contributed by atoms with Gasteiger partial charge in [-0.25, -0.2) is 9.78 Å². The van der Waals surface area contributed by atoms with Gasteiger partial charge < -0.3 is 10.0 Å². The third-order valence-electron chi connectivity index (χ3n) is 2.23. The Morgan fingerprint density at radius 1 is 1.53 bits per heavy atom. The Bertz CT molecular complexity index is 466. The lowest BCUT2D eigenvalue weighted by molar-refractivity contribution is -0.119. The van der Waals surface area contributed by atoms with Crippen molar-refractivity contribution in [1.82, 2.24) is 4.98 Å². The molecule has 19 heavy (non-hydrogen) atoms. The fourth-order valence-corrected chi connectivity index (χ4v) is 1.92. The Labute approximate surface area is 116 Å². The molecule has 8 heteroatoms. The van der Waals surface area contributed by atoms with E-state index in [0.717, 1.165) is 4.90 Å². The molecule has 1 N–H and O–H groups in total. The van der Waals surface area contributed by atoms with Crippen LogP contribution in [-0.4, -0.2) is 35.3 Å². The minimum absolute atomic E-state index is 0.0778. The molecule has 0 unspecified atom stereocenters. The molecule has 0 aliphatic carbocycles. The fourth-order valence-electron chi connectivity index (χ4n) is 1.59. The second-order valence-corrected chi connectivity index (χ2v) is 4.78. The molecule has 1 heterocycles. The predicted octanol–water partition coefficient (Wildman–Crippen LogP) is 3.32. The molecule has 0 fully saturated rings. The van der Waals surface area contributed by atoms with E-state index in [0.29, 0.717) is 10.9 Å². The number of carboxylic acids is 1. The number of alkyl halides is 3. The summed E-state index contributed by atoms with van der Waals surface area (Å²) in [6.45, 7) is 0.562. The average molecular weight is 341 g/mol. The van der Waals surface area contributed by atoms with E-state index in [-0.39, 0.29) is 17.9 Å². The highest BCUT2D eigenvalue weighted by Crippen LogP contribution is 2.25. The first-order chi connectivity index (χ1) is 8.74. The summed E-state index contributed by atoms with van der Waals surface area (Å²) in [7, 11) is 0. The number of carbonyl (C=O) groups is 1. The topological polar surface area (TPSA) is 53.4 Å². The van der Waals surface area contributed by atoms with Gasteiger partial charge in [0.25, 0.3) is 0 Å². The molecule has 0 aliphatic heterocycles. The molecule has 0 saturated carbocycles. The third-order valence-corrected chi connectivity index (χ3v) is 2.66. The van der Waals surface area contributed by atoms with E-state index in [4.69, 9.17) is 5.11 Å². The van der Waals surface area contributed by atoms with Crippen molar-refractivity contribution in [2.24, 2.45) is 0 Å². The van der Waals surface area contributed by atoms with E-state index in [1.54, 1.807) is 6.92 Å². The van der Waals surface area contributed by atoms with Crippen LogP contribution in [0, 0.1) is 0 Å². The van der Waals surface area contributed by atoms with Crippen molar-refractivity contribution in [2.75, 3.05) is 18.0 Å². The molecule has 1 rings (SSSR count). The Morgan fingerprint density at radius 3 is 2.63 bits per heavy atom. The SMILES string of the molecule is CCCN(CC(F)(F)F)c1ncc(Br)cc1C(=O)O. The first-order valence-corrected chi connectivity index (χ1v) is 6.24. The number of pyridine rings is 1. The van der Waals surface area contributed by atoms with Gasteiger partial charge in [0.15, 0.2) is 0 Å². The van der Waals surface area contributed by atoms with Gasteiger partial charge in [-0.3, -0.25) is 0 Å². The van der Waals surface area contributed by atoms with Crippen LogP contribution < -0.4 is 4.90 Å². The Hall–Kier alpha value is -1.31. The number of aromatic nitrogens is 1. The molecule has 0 spiro atoms. The van der Waals surface area contributed by atoms with E-state index in [2.05, 4.69) is 20.9 Å². The molecular weight excluding hydrogens is 329 g/mol. The van der Waals surface area contributed by atoms with Gasteiger partial charge in [-0.2, -0.15) is 13.2 Å². The highest BCUT2D eigenvalue weighted by molar-refractivity contribution is 9.10. The maximum Gasteiger partial charge on any atom is 0.405 e. The number of carboxylic acid groups (broad SMARTS) is 1. The van der Waals surface area contributed by atoms with Crippen molar-refractivity contribution in [3.8, 4) is 0 Å². The van der Waals surface area contributed by atoms with E-state index >= 15 is 0 Å². The van der Waals surface area contributed by atoms with Gasteiger partial charge in [0.05, 0.1) is 0 Å². The van der Waals surface area contributed by atoms with Crippen LogP contribution in [0.25, 0.3) is 0 Å². The van der Waals surface area contributed by atoms with E-state index in [9.17, 15) is 18.0 Å². The predicted molar refractivity (Wildman–Crippen MR) is 67.5 cm³/mol. The Morgan fingerprint density at radius 2 is 2.16 bits per heavy atom. The highest BCUT2D eigenvalue weighted by Gasteiger charge is 2.32. The fraction of sp³-hybridized carbons (Fsp3) is 0.455. The zero-order valence-corrected chi connectivity index (χ0v) is 11.6. The number of aromatic carboxylic acids is 1. The molecule has 1 aromatic rings. The van der Waals surface area contributed by atoms with Crippen LogP contribution in [0.5, 0.6) is 0 Å². The summed E-state index contributed by atoms with van der Waals surface area (Å²) >= 11 is 3.05. The minimum Gasteiger partial charge on any atom is -0.478 e. The average Bonchev–Trinajstić information content (AvgIpc) is 2.26. The molecule has 0 radical (unpaired) electrons. The molecule has 0 aromatic carbocycles. The standard InChI is InChI=1S/C11H12BrF3N2O2/c1-2-3-17(6-11(13,14)15)9-8(10(18)19)4-7(12)5-16-9/h4-5H,2-3,6H2,1H3,(H,18,19). The monoisotopic (exact) mass is 340 g/mol. The summed E-state index contributed by atoms with van der Waals surface area (Å²) in [5.74, 6) is -1.48. The van der Waals surface area contributed by atoms with Gasteiger partial charge in [-0.15, -0.1) is 0 Å². The van der Waals surface area contributed by atoms with Crippen LogP contribution in [0.2, 0.25) is 0 Å². The summed E-state index contributed by atoms with van der Waals surface area (Å²) in [6.07, 6.45) is -2.69. The van der Waals surface area contributed by atoms with Crippen LogP contribution >= 0.6 is 15.9 Å². The number of halogens is 4. The van der Waals surface area contributed by atoms with Crippen molar-refractivity contribution >= 4 is 27.7 Å².